The molecule has 1 N–H and O–H groups in total. The minimum Gasteiger partial charge on any atom is -0.496 e. The highest BCUT2D eigenvalue weighted by Crippen LogP contribution is 2.25. The van der Waals surface area contributed by atoms with E-state index in [1.165, 1.54) is 0 Å². The quantitative estimate of drug-likeness (QED) is 0.676. The molecule has 0 fully saturated rings. The zero-order chi connectivity index (χ0) is 13.7. The fourth-order valence-electron chi connectivity index (χ4n) is 1.64. The van der Waals surface area contributed by atoms with Gasteiger partial charge in [-0.2, -0.15) is 5.10 Å². The van der Waals surface area contributed by atoms with Crippen LogP contribution in [0.15, 0.2) is 52.0 Å². The summed E-state index contributed by atoms with van der Waals surface area (Å²) in [5.41, 5.74) is 5.97. The number of hydrogen-bond acceptors (Lipinski definition) is 3. The Bertz CT molecular complexity index is 582. The van der Waals surface area contributed by atoms with Gasteiger partial charge in [0, 0.05) is 10.0 Å². The smallest absolute Gasteiger partial charge is 0.128 e. The molecule has 0 aromatic heterocycles. The molecule has 98 valence electrons. The van der Waals surface area contributed by atoms with Gasteiger partial charge < -0.3 is 4.74 Å². The van der Waals surface area contributed by atoms with Crippen LogP contribution in [-0.2, 0) is 0 Å². The molecule has 2 aromatic rings. The van der Waals surface area contributed by atoms with Crippen LogP contribution in [0.25, 0.3) is 0 Å². The van der Waals surface area contributed by atoms with Gasteiger partial charge in [0.05, 0.1) is 19.0 Å². The molecule has 0 aliphatic carbocycles. The number of aryl methyl sites for hydroxylation is 1. The maximum atomic E-state index is 5.34. The third-order valence-electron chi connectivity index (χ3n) is 2.68. The van der Waals surface area contributed by atoms with Crippen LogP contribution >= 0.6 is 15.9 Å². The van der Waals surface area contributed by atoms with E-state index < -0.39 is 0 Å². The van der Waals surface area contributed by atoms with Crippen molar-refractivity contribution in [2.24, 2.45) is 5.10 Å². The highest BCUT2D eigenvalue weighted by Gasteiger charge is 2.04. The molecular weight excluding hydrogens is 304 g/mol. The lowest BCUT2D eigenvalue weighted by Gasteiger charge is -2.07. The Morgan fingerprint density at radius 3 is 2.63 bits per heavy atom. The van der Waals surface area contributed by atoms with Crippen LogP contribution in [0.2, 0.25) is 0 Å². The van der Waals surface area contributed by atoms with Crippen molar-refractivity contribution in [3.63, 3.8) is 0 Å². The number of benzene rings is 2. The minimum atomic E-state index is 0.805. The van der Waals surface area contributed by atoms with Crippen LogP contribution in [-0.4, -0.2) is 13.3 Å². The van der Waals surface area contributed by atoms with Crippen LogP contribution in [0.5, 0.6) is 5.75 Å². The molecule has 0 aliphatic heterocycles. The molecule has 3 nitrogen and oxygen atoms in total. The lowest BCUT2D eigenvalue weighted by atomic mass is 10.1. The summed E-state index contributed by atoms with van der Waals surface area (Å²) in [4.78, 5) is 0. The Kier molecular flexibility index (Phi) is 4.58. The molecular formula is C15H15BrN2O. The van der Waals surface area contributed by atoms with Gasteiger partial charge in [-0.1, -0.05) is 34.1 Å². The van der Waals surface area contributed by atoms with Crippen LogP contribution < -0.4 is 10.2 Å². The van der Waals surface area contributed by atoms with Gasteiger partial charge in [-0.05, 0) is 36.8 Å². The van der Waals surface area contributed by atoms with E-state index in [-0.39, 0.29) is 0 Å². The van der Waals surface area contributed by atoms with Crippen molar-refractivity contribution in [1.82, 2.24) is 0 Å². The second kappa shape index (κ2) is 6.38. The lowest BCUT2D eigenvalue weighted by Crippen LogP contribution is -1.95. The number of rotatable bonds is 4. The highest BCUT2D eigenvalue weighted by molar-refractivity contribution is 9.10. The number of para-hydroxylation sites is 1. The largest absolute Gasteiger partial charge is 0.496 e. The number of hydrogen-bond donors (Lipinski definition) is 1. The Morgan fingerprint density at radius 2 is 1.95 bits per heavy atom. The third-order valence-corrected chi connectivity index (χ3v) is 3.54. The number of ether oxygens (including phenoxy) is 1. The first-order chi connectivity index (χ1) is 9.20. The van der Waals surface area contributed by atoms with E-state index in [0.29, 0.717) is 0 Å². The molecule has 19 heavy (non-hydrogen) atoms. The van der Waals surface area contributed by atoms with E-state index >= 15 is 0 Å². The highest BCUT2D eigenvalue weighted by atomic mass is 79.9. The average molecular weight is 319 g/mol. The van der Waals surface area contributed by atoms with E-state index in [2.05, 4.69) is 26.5 Å². The van der Waals surface area contributed by atoms with Crippen molar-refractivity contribution in [2.45, 2.75) is 6.92 Å². The fourth-order valence-corrected chi connectivity index (χ4v) is 2.00. The topological polar surface area (TPSA) is 33.6 Å². The Balaban J connectivity index is 2.16. The summed E-state index contributed by atoms with van der Waals surface area (Å²) in [6, 6.07) is 13.8. The zero-order valence-electron chi connectivity index (χ0n) is 10.9. The van der Waals surface area contributed by atoms with Gasteiger partial charge in [-0.15, -0.1) is 0 Å². The lowest BCUT2D eigenvalue weighted by molar-refractivity contribution is 0.413. The third kappa shape index (κ3) is 3.58. The van der Waals surface area contributed by atoms with Crippen LogP contribution in [0.3, 0.4) is 0 Å². The van der Waals surface area contributed by atoms with Crippen molar-refractivity contribution in [2.75, 3.05) is 12.5 Å². The van der Waals surface area contributed by atoms with E-state index in [9.17, 15) is 0 Å². The number of halogens is 1. The molecule has 0 amide bonds. The summed E-state index contributed by atoms with van der Waals surface area (Å²) >= 11 is 3.51. The Labute approximate surface area is 121 Å². The summed E-state index contributed by atoms with van der Waals surface area (Å²) in [5.74, 6) is 0.805. The predicted octanol–water partition coefficient (Wildman–Crippen LogP) is 4.21. The van der Waals surface area contributed by atoms with E-state index in [1.807, 2.05) is 49.4 Å². The second-order valence-electron chi connectivity index (χ2n) is 4.08. The van der Waals surface area contributed by atoms with Crippen molar-refractivity contribution in [1.29, 1.82) is 0 Å². The number of hydrazone groups is 1. The summed E-state index contributed by atoms with van der Waals surface area (Å²) in [7, 11) is 1.66. The summed E-state index contributed by atoms with van der Waals surface area (Å²) in [6.45, 7) is 2.02. The minimum absolute atomic E-state index is 0.805. The second-order valence-corrected chi connectivity index (χ2v) is 4.93. The van der Waals surface area contributed by atoms with Crippen molar-refractivity contribution >= 4 is 27.8 Å². The maximum absolute atomic E-state index is 5.34. The van der Waals surface area contributed by atoms with Crippen LogP contribution in [0.4, 0.5) is 5.69 Å². The van der Waals surface area contributed by atoms with Crippen molar-refractivity contribution in [3.05, 3.63) is 58.1 Å². The van der Waals surface area contributed by atoms with E-state index in [4.69, 9.17) is 4.74 Å². The average Bonchev–Trinajstić information content (AvgIpc) is 2.43. The first kappa shape index (κ1) is 13.6. The predicted molar refractivity (Wildman–Crippen MR) is 83.1 cm³/mol. The molecule has 2 aromatic carbocycles. The Hall–Kier alpha value is -1.81. The SMILES string of the molecule is COc1cc(C)c(Br)cc1C=NNc1ccccc1. The molecule has 0 heterocycles. The van der Waals surface area contributed by atoms with Gasteiger partial charge in [0.2, 0.25) is 0 Å². The van der Waals surface area contributed by atoms with E-state index in [0.717, 1.165) is 27.0 Å². The molecule has 0 unspecified atom stereocenters. The summed E-state index contributed by atoms with van der Waals surface area (Å²) < 4.78 is 6.38. The molecule has 0 saturated heterocycles. The molecule has 0 aliphatic rings. The molecule has 0 spiro atoms. The van der Waals surface area contributed by atoms with E-state index in [1.54, 1.807) is 13.3 Å². The summed E-state index contributed by atoms with van der Waals surface area (Å²) in [5, 5.41) is 4.22. The van der Waals surface area contributed by atoms with Gasteiger partial charge in [0.15, 0.2) is 0 Å². The maximum Gasteiger partial charge on any atom is 0.128 e. The van der Waals surface area contributed by atoms with Crippen molar-refractivity contribution in [3.8, 4) is 5.75 Å². The molecule has 4 heteroatoms. The summed E-state index contributed by atoms with van der Waals surface area (Å²) in [6.07, 6.45) is 1.75. The number of methoxy groups -OCH3 is 1. The number of anilines is 1. The monoisotopic (exact) mass is 318 g/mol. The Morgan fingerprint density at radius 1 is 1.21 bits per heavy atom. The van der Waals surface area contributed by atoms with Crippen LogP contribution in [0, 0.1) is 6.92 Å². The van der Waals surface area contributed by atoms with Gasteiger partial charge in [-0.3, -0.25) is 5.43 Å². The normalized spacial score (nSPS) is 10.7. The standard InChI is InChI=1S/C15H15BrN2O/c1-11-8-15(19-2)12(9-14(11)16)10-17-18-13-6-4-3-5-7-13/h3-10,18H,1-2H3. The number of nitrogens with one attached hydrogen (secondary N) is 1. The molecule has 0 radical (unpaired) electrons. The van der Waals surface area contributed by atoms with Gasteiger partial charge in [0.25, 0.3) is 0 Å². The van der Waals surface area contributed by atoms with Gasteiger partial charge in [0.1, 0.15) is 5.75 Å². The van der Waals surface area contributed by atoms with Gasteiger partial charge >= 0.3 is 0 Å². The van der Waals surface area contributed by atoms with Crippen molar-refractivity contribution < 1.29 is 4.74 Å². The fraction of sp³-hybridized carbons (Fsp3) is 0.133. The molecule has 0 bridgehead atoms. The van der Waals surface area contributed by atoms with Crippen LogP contribution in [0.1, 0.15) is 11.1 Å². The first-order valence-electron chi connectivity index (χ1n) is 5.89. The first-order valence-corrected chi connectivity index (χ1v) is 6.68. The molecule has 2 rings (SSSR count). The van der Waals surface area contributed by atoms with Gasteiger partial charge in [-0.25, -0.2) is 0 Å². The molecule has 0 atom stereocenters. The molecule has 0 saturated carbocycles. The number of nitrogens with zero attached hydrogens (tertiary/aromatic N) is 1. The zero-order valence-corrected chi connectivity index (χ0v) is 12.4.